The number of nitrogens with one attached hydrogen (secondary N) is 1. The minimum atomic E-state index is 0. The van der Waals surface area contributed by atoms with Crippen LogP contribution in [0.15, 0.2) is 0 Å². The van der Waals surface area contributed by atoms with Crippen LogP contribution in [0.5, 0.6) is 0 Å². The van der Waals surface area contributed by atoms with E-state index in [1.165, 1.54) is 6.42 Å². The Balaban J connectivity index is 0.00000144. The molecule has 1 amide bonds. The molecular weight excluding hydrogens is 240 g/mol. The fourth-order valence-corrected chi connectivity index (χ4v) is 2.74. The molecule has 17 heavy (non-hydrogen) atoms. The summed E-state index contributed by atoms with van der Waals surface area (Å²) in [7, 11) is 0. The zero-order chi connectivity index (χ0) is 11.5. The molecule has 3 unspecified atom stereocenters. The summed E-state index contributed by atoms with van der Waals surface area (Å²) in [4.78, 5) is 14.2. The third kappa shape index (κ3) is 3.57. The minimum absolute atomic E-state index is 0. The second kappa shape index (κ2) is 6.57. The van der Waals surface area contributed by atoms with Gasteiger partial charge in [-0.3, -0.25) is 4.79 Å². The Morgan fingerprint density at radius 1 is 1.35 bits per heavy atom. The zero-order valence-corrected chi connectivity index (χ0v) is 11.5. The van der Waals surface area contributed by atoms with Gasteiger partial charge >= 0.3 is 0 Å². The normalized spacial score (nSPS) is 33.3. The number of hydrogen-bond donors (Lipinski definition) is 1. The van der Waals surface area contributed by atoms with Gasteiger partial charge in [-0.1, -0.05) is 0 Å². The van der Waals surface area contributed by atoms with Crippen molar-refractivity contribution in [2.24, 2.45) is 0 Å². The van der Waals surface area contributed by atoms with Crippen molar-refractivity contribution in [1.29, 1.82) is 0 Å². The average Bonchev–Trinajstić information content (AvgIpc) is 2.70. The van der Waals surface area contributed by atoms with Crippen molar-refractivity contribution < 1.29 is 9.53 Å². The number of carbonyl (C=O) groups excluding carboxylic acids is 1. The SMILES string of the molecule is CC1COCC(C)N1C(=O)CC1CCCN1.Cl. The fraction of sp³-hybridized carbons (Fsp3) is 0.917. The van der Waals surface area contributed by atoms with Crippen LogP contribution >= 0.6 is 12.4 Å². The van der Waals surface area contributed by atoms with E-state index in [0.717, 1.165) is 13.0 Å². The molecule has 0 saturated carbocycles. The molecule has 0 spiro atoms. The summed E-state index contributed by atoms with van der Waals surface area (Å²) in [5.74, 6) is 0.280. The van der Waals surface area contributed by atoms with Crippen molar-refractivity contribution >= 4 is 18.3 Å². The van der Waals surface area contributed by atoms with Crippen LogP contribution in [0.1, 0.15) is 33.1 Å². The first-order valence-corrected chi connectivity index (χ1v) is 6.30. The molecule has 2 heterocycles. The maximum atomic E-state index is 12.2. The Morgan fingerprint density at radius 2 is 2.00 bits per heavy atom. The van der Waals surface area contributed by atoms with E-state index in [1.54, 1.807) is 0 Å². The third-order valence-corrected chi connectivity index (χ3v) is 3.54. The Bertz CT molecular complexity index is 247. The number of rotatable bonds is 2. The predicted molar refractivity (Wildman–Crippen MR) is 69.5 cm³/mol. The average molecular weight is 263 g/mol. The van der Waals surface area contributed by atoms with Crippen molar-refractivity contribution in [1.82, 2.24) is 10.2 Å². The Hall–Kier alpha value is -0.320. The van der Waals surface area contributed by atoms with Crippen LogP contribution in [0.3, 0.4) is 0 Å². The summed E-state index contributed by atoms with van der Waals surface area (Å²) in [6.07, 6.45) is 2.99. The van der Waals surface area contributed by atoms with E-state index in [1.807, 2.05) is 4.90 Å². The number of hydrogen-bond acceptors (Lipinski definition) is 3. The highest BCUT2D eigenvalue weighted by atomic mass is 35.5. The minimum Gasteiger partial charge on any atom is -0.377 e. The van der Waals surface area contributed by atoms with Gasteiger partial charge in [0.15, 0.2) is 0 Å². The van der Waals surface area contributed by atoms with Crippen molar-refractivity contribution in [2.75, 3.05) is 19.8 Å². The topological polar surface area (TPSA) is 41.6 Å². The third-order valence-electron chi connectivity index (χ3n) is 3.54. The van der Waals surface area contributed by atoms with Crippen LogP contribution in [0.2, 0.25) is 0 Å². The van der Waals surface area contributed by atoms with Crippen LogP contribution in [-0.2, 0) is 9.53 Å². The van der Waals surface area contributed by atoms with E-state index in [-0.39, 0.29) is 30.4 Å². The molecule has 0 aromatic carbocycles. The van der Waals surface area contributed by atoms with Gasteiger partial charge < -0.3 is 15.0 Å². The van der Waals surface area contributed by atoms with E-state index < -0.39 is 0 Å². The summed E-state index contributed by atoms with van der Waals surface area (Å²) in [6, 6.07) is 0.838. The number of amides is 1. The molecule has 0 aromatic rings. The number of ether oxygens (including phenoxy) is 1. The molecule has 100 valence electrons. The fourth-order valence-electron chi connectivity index (χ4n) is 2.74. The van der Waals surface area contributed by atoms with Crippen molar-refractivity contribution in [3.63, 3.8) is 0 Å². The second-order valence-corrected chi connectivity index (χ2v) is 5.03. The number of halogens is 1. The number of morpholine rings is 1. The van der Waals surface area contributed by atoms with Crippen molar-refractivity contribution in [3.8, 4) is 0 Å². The standard InChI is InChI=1S/C12H22N2O2.ClH/c1-9-7-16-8-10(2)14(9)12(15)6-11-4-3-5-13-11;/h9-11,13H,3-8H2,1-2H3;1H. The van der Waals surface area contributed by atoms with Crippen LogP contribution in [0, 0.1) is 0 Å². The van der Waals surface area contributed by atoms with Gasteiger partial charge in [-0.25, -0.2) is 0 Å². The van der Waals surface area contributed by atoms with E-state index >= 15 is 0 Å². The molecule has 0 aromatic heterocycles. The number of carbonyl (C=O) groups is 1. The summed E-state index contributed by atoms with van der Waals surface area (Å²) in [6.45, 7) is 6.54. The van der Waals surface area contributed by atoms with E-state index in [0.29, 0.717) is 25.7 Å². The van der Waals surface area contributed by atoms with E-state index in [2.05, 4.69) is 19.2 Å². The molecule has 0 bridgehead atoms. The van der Waals surface area contributed by atoms with Gasteiger partial charge in [0.05, 0.1) is 25.3 Å². The van der Waals surface area contributed by atoms with Crippen LogP contribution < -0.4 is 5.32 Å². The van der Waals surface area contributed by atoms with Gasteiger partial charge in [-0.2, -0.15) is 0 Å². The Kier molecular flexibility index (Phi) is 5.70. The van der Waals surface area contributed by atoms with Crippen LogP contribution in [0.4, 0.5) is 0 Å². The zero-order valence-electron chi connectivity index (χ0n) is 10.6. The molecule has 2 aliphatic heterocycles. The van der Waals surface area contributed by atoms with Gasteiger partial charge in [-0.15, -0.1) is 12.4 Å². The molecule has 2 aliphatic rings. The molecule has 4 nitrogen and oxygen atoms in total. The van der Waals surface area contributed by atoms with Gasteiger partial charge in [0.25, 0.3) is 0 Å². The van der Waals surface area contributed by atoms with Gasteiger partial charge in [0.2, 0.25) is 5.91 Å². The molecular formula is C12H23ClN2O2. The van der Waals surface area contributed by atoms with Crippen LogP contribution in [0.25, 0.3) is 0 Å². The van der Waals surface area contributed by atoms with Gasteiger partial charge in [0, 0.05) is 12.5 Å². The lowest BCUT2D eigenvalue weighted by molar-refractivity contribution is -0.144. The maximum absolute atomic E-state index is 12.2. The molecule has 1 N–H and O–H groups in total. The van der Waals surface area contributed by atoms with Crippen molar-refractivity contribution in [2.45, 2.75) is 51.2 Å². The van der Waals surface area contributed by atoms with Crippen LogP contribution in [-0.4, -0.2) is 48.7 Å². The molecule has 2 saturated heterocycles. The highest BCUT2D eigenvalue weighted by Gasteiger charge is 2.31. The highest BCUT2D eigenvalue weighted by molar-refractivity contribution is 5.85. The second-order valence-electron chi connectivity index (χ2n) is 5.03. The molecule has 3 atom stereocenters. The summed E-state index contributed by atoms with van der Waals surface area (Å²) < 4.78 is 5.43. The van der Waals surface area contributed by atoms with E-state index in [9.17, 15) is 4.79 Å². The van der Waals surface area contributed by atoms with Crippen molar-refractivity contribution in [3.05, 3.63) is 0 Å². The first-order valence-electron chi connectivity index (χ1n) is 6.30. The Labute approximate surface area is 109 Å². The summed E-state index contributed by atoms with van der Waals surface area (Å²) >= 11 is 0. The molecule has 5 heteroatoms. The molecule has 0 aliphatic carbocycles. The molecule has 2 fully saturated rings. The summed E-state index contributed by atoms with van der Waals surface area (Å²) in [5, 5.41) is 3.38. The quantitative estimate of drug-likeness (QED) is 0.813. The van der Waals surface area contributed by atoms with Gasteiger partial charge in [-0.05, 0) is 33.2 Å². The maximum Gasteiger partial charge on any atom is 0.224 e. The smallest absolute Gasteiger partial charge is 0.224 e. The first-order chi connectivity index (χ1) is 7.68. The first kappa shape index (κ1) is 14.7. The van der Waals surface area contributed by atoms with Gasteiger partial charge in [0.1, 0.15) is 0 Å². The number of nitrogens with zero attached hydrogens (tertiary/aromatic N) is 1. The monoisotopic (exact) mass is 262 g/mol. The lowest BCUT2D eigenvalue weighted by atomic mass is 10.1. The predicted octanol–water partition coefficient (Wildman–Crippen LogP) is 1.19. The largest absolute Gasteiger partial charge is 0.377 e. The summed E-state index contributed by atoms with van der Waals surface area (Å²) in [5.41, 5.74) is 0. The molecule has 2 rings (SSSR count). The lowest BCUT2D eigenvalue weighted by Crippen LogP contribution is -2.53. The van der Waals surface area contributed by atoms with E-state index in [4.69, 9.17) is 4.74 Å². The Morgan fingerprint density at radius 3 is 2.53 bits per heavy atom. The lowest BCUT2D eigenvalue weighted by Gasteiger charge is -2.39. The molecule has 0 radical (unpaired) electrons. The highest BCUT2D eigenvalue weighted by Crippen LogP contribution is 2.17.